The van der Waals surface area contributed by atoms with Crippen molar-refractivity contribution in [1.29, 1.82) is 0 Å². The van der Waals surface area contributed by atoms with Crippen molar-refractivity contribution in [3.05, 3.63) is 0 Å². The molecule has 0 fully saturated rings. The molecule has 0 heterocycles. The number of nitrogens with two attached hydrogens (primary N) is 1. The molecule has 0 unspecified atom stereocenters. The maximum Gasteiger partial charge on any atom is 0.251 e. The van der Waals surface area contributed by atoms with E-state index in [2.05, 4.69) is 5.43 Å². The first-order chi connectivity index (χ1) is 5.43. The summed E-state index contributed by atoms with van der Waals surface area (Å²) in [5, 5.41) is 1.60. The van der Waals surface area contributed by atoms with Crippen LogP contribution in [0.4, 0.5) is 0 Å². The highest BCUT2D eigenvalue weighted by molar-refractivity contribution is 5.80. The summed E-state index contributed by atoms with van der Waals surface area (Å²) in [5.74, 6) is 0.335. The van der Waals surface area contributed by atoms with E-state index in [4.69, 9.17) is 5.73 Å². The van der Waals surface area contributed by atoms with E-state index in [-0.39, 0.29) is 5.91 Å². The maximum absolute atomic E-state index is 11.2. The predicted molar refractivity (Wildman–Crippen MR) is 49.3 cm³/mol. The van der Waals surface area contributed by atoms with Gasteiger partial charge in [0.05, 0.1) is 6.04 Å². The van der Waals surface area contributed by atoms with Gasteiger partial charge < -0.3 is 5.73 Å². The summed E-state index contributed by atoms with van der Waals surface area (Å²) in [4.78, 5) is 11.2. The van der Waals surface area contributed by atoms with Crippen LogP contribution in [0.1, 0.15) is 20.3 Å². The quantitative estimate of drug-likeness (QED) is 0.586. The molecule has 4 heteroatoms. The van der Waals surface area contributed by atoms with Gasteiger partial charge in [-0.25, -0.2) is 5.01 Å². The fraction of sp³-hybridized carbons (Fsp3) is 0.875. The lowest BCUT2D eigenvalue weighted by Gasteiger charge is -2.17. The second-order valence-electron chi connectivity index (χ2n) is 3.61. The minimum Gasteiger partial charge on any atom is -0.320 e. The third-order valence-corrected chi connectivity index (χ3v) is 1.40. The van der Waals surface area contributed by atoms with Crippen LogP contribution in [0, 0.1) is 5.92 Å². The molecule has 0 aliphatic rings. The van der Waals surface area contributed by atoms with Crippen LogP contribution in [0.2, 0.25) is 0 Å². The minimum atomic E-state index is -0.396. The highest BCUT2D eigenvalue weighted by Gasteiger charge is 2.14. The largest absolute Gasteiger partial charge is 0.320 e. The van der Waals surface area contributed by atoms with Crippen molar-refractivity contribution in [2.45, 2.75) is 26.3 Å². The van der Waals surface area contributed by atoms with Crippen molar-refractivity contribution < 1.29 is 4.79 Å². The second-order valence-corrected chi connectivity index (χ2v) is 3.61. The molecule has 0 spiro atoms. The van der Waals surface area contributed by atoms with Crippen molar-refractivity contribution in [2.24, 2.45) is 11.7 Å². The monoisotopic (exact) mass is 173 g/mol. The first-order valence-corrected chi connectivity index (χ1v) is 4.17. The van der Waals surface area contributed by atoms with Crippen molar-refractivity contribution in [3.8, 4) is 0 Å². The van der Waals surface area contributed by atoms with Gasteiger partial charge in [0.25, 0.3) is 5.91 Å². The molecule has 72 valence electrons. The van der Waals surface area contributed by atoms with Crippen LogP contribution in [-0.2, 0) is 4.79 Å². The number of hydrogen-bond donors (Lipinski definition) is 2. The van der Waals surface area contributed by atoms with Gasteiger partial charge in [-0.1, -0.05) is 13.8 Å². The molecule has 0 aromatic carbocycles. The zero-order valence-corrected chi connectivity index (χ0v) is 8.29. The minimum absolute atomic E-state index is 0.117. The number of nitrogens with one attached hydrogen (secondary N) is 1. The number of carbonyl (C=O) groups is 1. The van der Waals surface area contributed by atoms with Crippen LogP contribution in [0.25, 0.3) is 0 Å². The SMILES string of the molecule is CC(C)C[C@H](N)C(=O)NN(C)C. The lowest BCUT2D eigenvalue weighted by molar-refractivity contribution is -0.126. The first kappa shape index (κ1) is 11.4. The molecule has 0 radical (unpaired) electrons. The fourth-order valence-electron chi connectivity index (χ4n) is 0.918. The van der Waals surface area contributed by atoms with Gasteiger partial charge in [0, 0.05) is 14.1 Å². The van der Waals surface area contributed by atoms with Crippen LogP contribution in [0.15, 0.2) is 0 Å². The molecule has 1 atom stereocenters. The van der Waals surface area contributed by atoms with E-state index in [1.165, 1.54) is 0 Å². The molecular weight excluding hydrogens is 154 g/mol. The van der Waals surface area contributed by atoms with E-state index in [0.717, 1.165) is 6.42 Å². The molecule has 3 N–H and O–H groups in total. The van der Waals surface area contributed by atoms with Gasteiger partial charge in [-0.05, 0) is 12.3 Å². The molecule has 0 rings (SSSR count). The van der Waals surface area contributed by atoms with Crippen molar-refractivity contribution in [3.63, 3.8) is 0 Å². The van der Waals surface area contributed by atoms with Gasteiger partial charge in [-0.2, -0.15) is 0 Å². The number of hydrogen-bond acceptors (Lipinski definition) is 3. The van der Waals surface area contributed by atoms with E-state index in [1.54, 1.807) is 19.1 Å². The van der Waals surface area contributed by atoms with Crippen molar-refractivity contribution in [1.82, 2.24) is 10.4 Å². The van der Waals surface area contributed by atoms with Crippen molar-refractivity contribution >= 4 is 5.91 Å². The summed E-state index contributed by atoms with van der Waals surface area (Å²) in [6.07, 6.45) is 0.722. The Morgan fingerprint density at radius 2 is 2.00 bits per heavy atom. The molecule has 1 amide bonds. The van der Waals surface area contributed by atoms with Gasteiger partial charge in [0.2, 0.25) is 0 Å². The Morgan fingerprint density at radius 3 is 2.33 bits per heavy atom. The zero-order valence-electron chi connectivity index (χ0n) is 8.29. The predicted octanol–water partition coefficient (Wildman–Crippen LogP) is -0.0474. The maximum atomic E-state index is 11.2. The Labute approximate surface area is 74.1 Å². The van der Waals surface area contributed by atoms with Crippen LogP contribution < -0.4 is 11.2 Å². The van der Waals surface area contributed by atoms with E-state index in [0.29, 0.717) is 5.92 Å². The summed E-state index contributed by atoms with van der Waals surface area (Å²) in [5.41, 5.74) is 8.25. The highest BCUT2D eigenvalue weighted by Crippen LogP contribution is 2.02. The van der Waals surface area contributed by atoms with Crippen LogP contribution in [0.3, 0.4) is 0 Å². The zero-order chi connectivity index (χ0) is 9.72. The second kappa shape index (κ2) is 5.11. The normalized spacial score (nSPS) is 13.6. The smallest absolute Gasteiger partial charge is 0.251 e. The number of rotatable bonds is 4. The van der Waals surface area contributed by atoms with Crippen molar-refractivity contribution in [2.75, 3.05) is 14.1 Å². The number of hydrazine groups is 1. The number of amides is 1. The fourth-order valence-corrected chi connectivity index (χ4v) is 0.918. The Bertz CT molecular complexity index is 145. The third-order valence-electron chi connectivity index (χ3n) is 1.40. The molecule has 0 saturated heterocycles. The highest BCUT2D eigenvalue weighted by atomic mass is 16.2. The van der Waals surface area contributed by atoms with Gasteiger partial charge in [0.15, 0.2) is 0 Å². The lowest BCUT2D eigenvalue weighted by Crippen LogP contribution is -2.46. The molecule has 0 aromatic rings. The van der Waals surface area contributed by atoms with Crippen LogP contribution in [0.5, 0.6) is 0 Å². The Hall–Kier alpha value is -0.610. The summed E-state index contributed by atoms with van der Waals surface area (Å²) >= 11 is 0. The van der Waals surface area contributed by atoms with E-state index < -0.39 is 6.04 Å². The number of nitrogens with zero attached hydrogens (tertiary/aromatic N) is 1. The Morgan fingerprint density at radius 1 is 1.50 bits per heavy atom. The van der Waals surface area contributed by atoms with Gasteiger partial charge >= 0.3 is 0 Å². The Balaban J connectivity index is 3.77. The average molecular weight is 173 g/mol. The number of carbonyl (C=O) groups excluding carboxylic acids is 1. The standard InChI is InChI=1S/C8H19N3O/c1-6(2)5-7(9)8(12)10-11(3)4/h6-7H,5,9H2,1-4H3,(H,10,12)/t7-/m0/s1. The van der Waals surface area contributed by atoms with Gasteiger partial charge in [-0.3, -0.25) is 10.2 Å². The summed E-state index contributed by atoms with van der Waals surface area (Å²) in [6.45, 7) is 4.09. The van der Waals surface area contributed by atoms with Gasteiger partial charge in [-0.15, -0.1) is 0 Å². The molecule has 0 aliphatic carbocycles. The van der Waals surface area contributed by atoms with E-state index in [9.17, 15) is 4.79 Å². The molecule has 4 nitrogen and oxygen atoms in total. The molecule has 0 bridgehead atoms. The van der Waals surface area contributed by atoms with Gasteiger partial charge in [0.1, 0.15) is 0 Å². The van der Waals surface area contributed by atoms with Crippen LogP contribution in [-0.4, -0.2) is 31.1 Å². The molecular formula is C8H19N3O. The molecule has 0 aromatic heterocycles. The van der Waals surface area contributed by atoms with E-state index >= 15 is 0 Å². The third kappa shape index (κ3) is 5.09. The molecule has 0 saturated carbocycles. The first-order valence-electron chi connectivity index (χ1n) is 4.17. The summed E-state index contributed by atoms with van der Waals surface area (Å²) < 4.78 is 0. The van der Waals surface area contributed by atoms with E-state index in [1.807, 2.05) is 13.8 Å². The summed E-state index contributed by atoms with van der Waals surface area (Å²) in [7, 11) is 3.53. The summed E-state index contributed by atoms with van der Waals surface area (Å²) in [6, 6.07) is -0.396. The lowest BCUT2D eigenvalue weighted by atomic mass is 10.0. The average Bonchev–Trinajstić information content (AvgIpc) is 1.84. The van der Waals surface area contributed by atoms with Crippen LogP contribution >= 0.6 is 0 Å². The topological polar surface area (TPSA) is 58.4 Å². The molecule has 0 aliphatic heterocycles. The Kier molecular flexibility index (Phi) is 4.85. The molecule has 12 heavy (non-hydrogen) atoms.